The SMILES string of the molecule is CN(CC(=O)N1CCN(c2ccccc2)CC1)S(=O)(=O)c1ccc2ccccc2c1. The van der Waals surface area contributed by atoms with Crippen molar-refractivity contribution >= 4 is 32.4 Å². The highest BCUT2D eigenvalue weighted by Crippen LogP contribution is 2.21. The van der Waals surface area contributed by atoms with Gasteiger partial charge in [-0.1, -0.05) is 48.5 Å². The molecule has 0 spiro atoms. The first-order valence-electron chi connectivity index (χ1n) is 9.98. The number of benzene rings is 3. The minimum absolute atomic E-state index is 0.166. The van der Waals surface area contributed by atoms with E-state index in [9.17, 15) is 13.2 Å². The van der Waals surface area contributed by atoms with Gasteiger partial charge in [-0.05, 0) is 35.0 Å². The third kappa shape index (κ3) is 4.17. The summed E-state index contributed by atoms with van der Waals surface area (Å²) < 4.78 is 27.1. The molecule has 0 bridgehead atoms. The summed E-state index contributed by atoms with van der Waals surface area (Å²) in [6.45, 7) is 2.46. The lowest BCUT2D eigenvalue weighted by Crippen LogP contribution is -2.51. The van der Waals surface area contributed by atoms with Gasteiger partial charge in [0.2, 0.25) is 15.9 Å². The Labute approximate surface area is 177 Å². The molecule has 1 saturated heterocycles. The number of carbonyl (C=O) groups excluding carboxylic acids is 1. The first-order valence-corrected chi connectivity index (χ1v) is 11.4. The molecule has 4 rings (SSSR count). The molecule has 30 heavy (non-hydrogen) atoms. The number of piperazine rings is 1. The Kier molecular flexibility index (Phi) is 5.74. The van der Waals surface area contributed by atoms with Gasteiger partial charge in [0, 0.05) is 38.9 Å². The summed E-state index contributed by atoms with van der Waals surface area (Å²) in [5.74, 6) is -0.172. The Balaban J connectivity index is 1.40. The van der Waals surface area contributed by atoms with Gasteiger partial charge in [0.05, 0.1) is 11.4 Å². The first-order chi connectivity index (χ1) is 14.4. The normalized spacial score (nSPS) is 15.0. The minimum atomic E-state index is -3.74. The van der Waals surface area contributed by atoms with Crippen molar-refractivity contribution in [2.24, 2.45) is 0 Å². The number of amides is 1. The molecule has 0 saturated carbocycles. The van der Waals surface area contributed by atoms with Gasteiger partial charge in [-0.25, -0.2) is 8.42 Å². The molecule has 0 aliphatic carbocycles. The summed E-state index contributed by atoms with van der Waals surface area (Å²) in [6.07, 6.45) is 0. The highest BCUT2D eigenvalue weighted by Gasteiger charge is 2.27. The van der Waals surface area contributed by atoms with Gasteiger partial charge in [0.1, 0.15) is 0 Å². The number of hydrogen-bond acceptors (Lipinski definition) is 4. The number of sulfonamides is 1. The lowest BCUT2D eigenvalue weighted by Gasteiger charge is -2.36. The van der Waals surface area contributed by atoms with E-state index < -0.39 is 10.0 Å². The van der Waals surface area contributed by atoms with E-state index in [1.54, 1.807) is 23.1 Å². The fourth-order valence-corrected chi connectivity index (χ4v) is 4.89. The standard InChI is InChI=1S/C23H25N3O3S/c1-24(30(28,29)22-12-11-19-7-5-6-8-20(19)17-22)18-23(27)26-15-13-25(14-16-26)21-9-3-2-4-10-21/h2-12,17H,13-16,18H2,1H3. The van der Waals surface area contributed by atoms with Crippen LogP contribution in [0, 0.1) is 0 Å². The van der Waals surface area contributed by atoms with Crippen LogP contribution in [-0.4, -0.2) is 63.3 Å². The Bertz CT molecular complexity index is 1140. The van der Waals surface area contributed by atoms with Crippen LogP contribution in [0.1, 0.15) is 0 Å². The van der Waals surface area contributed by atoms with E-state index >= 15 is 0 Å². The van der Waals surface area contributed by atoms with Crippen molar-refractivity contribution in [1.29, 1.82) is 0 Å². The van der Waals surface area contributed by atoms with E-state index in [-0.39, 0.29) is 17.3 Å². The second-order valence-corrected chi connectivity index (χ2v) is 9.52. The average molecular weight is 424 g/mol. The second-order valence-electron chi connectivity index (χ2n) is 7.47. The summed E-state index contributed by atoms with van der Waals surface area (Å²) in [4.78, 5) is 16.9. The fraction of sp³-hybridized carbons (Fsp3) is 0.261. The Morgan fingerprint density at radius 3 is 2.20 bits per heavy atom. The molecule has 3 aromatic rings. The zero-order chi connectivity index (χ0) is 21.1. The fourth-order valence-electron chi connectivity index (χ4n) is 3.74. The molecule has 0 atom stereocenters. The van der Waals surface area contributed by atoms with Crippen LogP contribution in [0.5, 0.6) is 0 Å². The molecule has 1 aliphatic rings. The zero-order valence-corrected chi connectivity index (χ0v) is 17.8. The van der Waals surface area contributed by atoms with Crippen LogP contribution in [0.25, 0.3) is 10.8 Å². The van der Waals surface area contributed by atoms with Crippen molar-refractivity contribution < 1.29 is 13.2 Å². The third-order valence-electron chi connectivity index (χ3n) is 5.54. The monoisotopic (exact) mass is 423 g/mol. The van der Waals surface area contributed by atoms with Gasteiger partial charge in [-0.2, -0.15) is 4.31 Å². The smallest absolute Gasteiger partial charge is 0.243 e. The molecule has 0 aromatic heterocycles. The molecule has 6 nitrogen and oxygen atoms in total. The highest BCUT2D eigenvalue weighted by molar-refractivity contribution is 7.89. The summed E-state index contributed by atoms with van der Waals surface area (Å²) in [5.41, 5.74) is 1.14. The lowest BCUT2D eigenvalue weighted by atomic mass is 10.1. The van der Waals surface area contributed by atoms with E-state index in [0.717, 1.165) is 33.9 Å². The largest absolute Gasteiger partial charge is 0.368 e. The van der Waals surface area contributed by atoms with Crippen LogP contribution in [0.2, 0.25) is 0 Å². The minimum Gasteiger partial charge on any atom is -0.368 e. The van der Waals surface area contributed by atoms with Crippen LogP contribution >= 0.6 is 0 Å². The summed E-state index contributed by atoms with van der Waals surface area (Å²) in [5, 5.41) is 1.84. The molecule has 1 aliphatic heterocycles. The summed E-state index contributed by atoms with van der Waals surface area (Å²) >= 11 is 0. The Morgan fingerprint density at radius 1 is 0.867 bits per heavy atom. The van der Waals surface area contributed by atoms with Crippen molar-refractivity contribution in [1.82, 2.24) is 9.21 Å². The molecule has 0 N–H and O–H groups in total. The topological polar surface area (TPSA) is 60.9 Å². The predicted molar refractivity (Wildman–Crippen MR) is 119 cm³/mol. The van der Waals surface area contributed by atoms with E-state index in [0.29, 0.717) is 13.1 Å². The molecule has 3 aromatic carbocycles. The molecule has 7 heteroatoms. The Morgan fingerprint density at radius 2 is 1.50 bits per heavy atom. The van der Waals surface area contributed by atoms with Gasteiger partial charge in [-0.15, -0.1) is 0 Å². The van der Waals surface area contributed by atoms with E-state index in [2.05, 4.69) is 17.0 Å². The van der Waals surface area contributed by atoms with Crippen LogP contribution in [0.4, 0.5) is 5.69 Å². The quantitative estimate of drug-likeness (QED) is 0.633. The predicted octanol–water partition coefficient (Wildman–Crippen LogP) is 2.81. The van der Waals surface area contributed by atoms with Crippen LogP contribution in [0.15, 0.2) is 77.7 Å². The first kappa shape index (κ1) is 20.4. The van der Waals surface area contributed by atoms with Gasteiger partial charge < -0.3 is 9.80 Å². The Hall–Kier alpha value is -2.90. The number of likely N-dealkylation sites (N-methyl/N-ethyl adjacent to an activating group) is 1. The van der Waals surface area contributed by atoms with E-state index in [1.165, 1.54) is 7.05 Å². The molecule has 1 fully saturated rings. The number of nitrogens with zero attached hydrogens (tertiary/aromatic N) is 3. The zero-order valence-electron chi connectivity index (χ0n) is 16.9. The van der Waals surface area contributed by atoms with Crippen LogP contribution < -0.4 is 4.90 Å². The number of fused-ring (bicyclic) bond motifs is 1. The van der Waals surface area contributed by atoms with E-state index in [1.807, 2.05) is 42.5 Å². The molecular weight excluding hydrogens is 398 g/mol. The van der Waals surface area contributed by atoms with E-state index in [4.69, 9.17) is 0 Å². The van der Waals surface area contributed by atoms with Gasteiger partial charge in [0.15, 0.2) is 0 Å². The maximum absolute atomic E-state index is 13.0. The molecule has 1 heterocycles. The number of rotatable bonds is 5. The number of para-hydroxylation sites is 1. The molecule has 0 radical (unpaired) electrons. The van der Waals surface area contributed by atoms with Gasteiger partial charge in [-0.3, -0.25) is 4.79 Å². The van der Waals surface area contributed by atoms with Crippen molar-refractivity contribution in [2.75, 3.05) is 44.7 Å². The number of hydrogen-bond donors (Lipinski definition) is 0. The van der Waals surface area contributed by atoms with Crippen molar-refractivity contribution in [2.45, 2.75) is 4.90 Å². The number of anilines is 1. The van der Waals surface area contributed by atoms with Gasteiger partial charge >= 0.3 is 0 Å². The second kappa shape index (κ2) is 8.45. The van der Waals surface area contributed by atoms with Crippen molar-refractivity contribution in [3.05, 3.63) is 72.8 Å². The molecule has 1 amide bonds. The lowest BCUT2D eigenvalue weighted by molar-refractivity contribution is -0.131. The van der Waals surface area contributed by atoms with Crippen molar-refractivity contribution in [3.63, 3.8) is 0 Å². The molecular formula is C23H25N3O3S. The third-order valence-corrected chi connectivity index (χ3v) is 7.34. The average Bonchev–Trinajstić information content (AvgIpc) is 2.79. The number of carbonyl (C=O) groups is 1. The summed E-state index contributed by atoms with van der Waals surface area (Å²) in [7, 11) is -2.28. The molecule has 0 unspecified atom stereocenters. The van der Waals surface area contributed by atoms with Gasteiger partial charge in [0.25, 0.3) is 0 Å². The maximum Gasteiger partial charge on any atom is 0.243 e. The summed E-state index contributed by atoms with van der Waals surface area (Å²) in [6, 6.07) is 22.7. The maximum atomic E-state index is 13.0. The molecule has 156 valence electrons. The highest BCUT2D eigenvalue weighted by atomic mass is 32.2. The van der Waals surface area contributed by atoms with Crippen LogP contribution in [-0.2, 0) is 14.8 Å². The van der Waals surface area contributed by atoms with Crippen LogP contribution in [0.3, 0.4) is 0 Å². The van der Waals surface area contributed by atoms with Crippen molar-refractivity contribution in [3.8, 4) is 0 Å².